The molecule has 1 N–H and O–H groups in total. The number of thiazole rings is 1. The van der Waals surface area contributed by atoms with Gasteiger partial charge >= 0.3 is 0 Å². The maximum absolute atomic E-state index is 12.2. The predicted octanol–water partition coefficient (Wildman–Crippen LogP) is 3.41. The topological polar surface area (TPSA) is 45.2 Å². The van der Waals surface area contributed by atoms with Gasteiger partial charge in [-0.15, -0.1) is 11.3 Å². The highest BCUT2D eigenvalue weighted by Crippen LogP contribution is 2.41. The van der Waals surface area contributed by atoms with E-state index in [0.717, 1.165) is 44.0 Å². The molecule has 2 aliphatic rings. The molecule has 1 aliphatic carbocycles. The number of carbonyl (C=O) groups is 1. The molecule has 4 rings (SSSR count). The summed E-state index contributed by atoms with van der Waals surface area (Å²) in [7, 11) is 0. The minimum Gasteiger partial charge on any atom is -0.349 e. The monoisotopic (exact) mass is 341 g/mol. The number of rotatable bonds is 5. The molecule has 1 aromatic carbocycles. The summed E-state index contributed by atoms with van der Waals surface area (Å²) in [6.07, 6.45) is 4.66. The third kappa shape index (κ3) is 3.84. The number of piperidine rings is 1. The van der Waals surface area contributed by atoms with E-state index in [0.29, 0.717) is 0 Å². The molecule has 2 heterocycles. The average molecular weight is 341 g/mol. The number of benzene rings is 1. The number of nitrogens with one attached hydrogen (secondary N) is 1. The molecule has 0 unspecified atom stereocenters. The van der Waals surface area contributed by atoms with Crippen LogP contribution in [0.2, 0.25) is 0 Å². The van der Waals surface area contributed by atoms with E-state index in [4.69, 9.17) is 4.98 Å². The van der Waals surface area contributed by atoms with Gasteiger partial charge in [-0.1, -0.05) is 18.2 Å². The minimum absolute atomic E-state index is 0.0441. The maximum atomic E-state index is 12.2. The average Bonchev–Trinajstić information content (AvgIpc) is 3.37. The van der Waals surface area contributed by atoms with E-state index >= 15 is 0 Å². The molecule has 1 aliphatic heterocycles. The third-order valence-electron chi connectivity index (χ3n) is 4.84. The molecule has 2 fully saturated rings. The van der Waals surface area contributed by atoms with Crippen LogP contribution >= 0.6 is 11.3 Å². The summed E-state index contributed by atoms with van der Waals surface area (Å²) in [6.45, 7) is 2.99. The second-order valence-corrected chi connectivity index (χ2v) is 7.73. The van der Waals surface area contributed by atoms with Crippen LogP contribution in [0.5, 0.6) is 0 Å². The van der Waals surface area contributed by atoms with Crippen molar-refractivity contribution in [3.05, 3.63) is 52.0 Å². The first kappa shape index (κ1) is 15.8. The highest BCUT2D eigenvalue weighted by Gasteiger charge is 2.27. The standard InChI is InChI=1S/C19H23N3OS/c23-18(14-4-2-1-3-5-14)20-16-8-10-22(11-9-16)12-17-13-24-19(21-17)15-6-7-15/h1-5,13,15-16H,6-12H2,(H,20,23). The van der Waals surface area contributed by atoms with Gasteiger partial charge in [0.05, 0.1) is 10.7 Å². The normalized spacial score (nSPS) is 19.3. The van der Waals surface area contributed by atoms with Crippen LogP contribution in [0, 0.1) is 0 Å². The molecule has 4 nitrogen and oxygen atoms in total. The Morgan fingerprint density at radius 3 is 2.62 bits per heavy atom. The molecule has 1 amide bonds. The van der Waals surface area contributed by atoms with Crippen LogP contribution in [0.3, 0.4) is 0 Å². The van der Waals surface area contributed by atoms with Gasteiger partial charge in [0.15, 0.2) is 0 Å². The van der Waals surface area contributed by atoms with Crippen LogP contribution < -0.4 is 5.32 Å². The predicted molar refractivity (Wildman–Crippen MR) is 96.3 cm³/mol. The van der Waals surface area contributed by atoms with Crippen LogP contribution in [-0.4, -0.2) is 34.9 Å². The van der Waals surface area contributed by atoms with Crippen molar-refractivity contribution in [3.8, 4) is 0 Å². The van der Waals surface area contributed by atoms with E-state index in [2.05, 4.69) is 15.6 Å². The number of carbonyl (C=O) groups excluding carboxylic acids is 1. The highest BCUT2D eigenvalue weighted by molar-refractivity contribution is 7.09. The molecule has 1 saturated carbocycles. The summed E-state index contributed by atoms with van der Waals surface area (Å²) in [5.41, 5.74) is 1.96. The van der Waals surface area contributed by atoms with Crippen molar-refractivity contribution in [2.24, 2.45) is 0 Å². The first-order chi connectivity index (χ1) is 11.8. The van der Waals surface area contributed by atoms with E-state index in [9.17, 15) is 4.79 Å². The maximum Gasteiger partial charge on any atom is 0.251 e. The Morgan fingerprint density at radius 1 is 1.17 bits per heavy atom. The zero-order valence-electron chi connectivity index (χ0n) is 13.8. The van der Waals surface area contributed by atoms with E-state index in [-0.39, 0.29) is 11.9 Å². The lowest BCUT2D eigenvalue weighted by atomic mass is 10.0. The summed E-state index contributed by atoms with van der Waals surface area (Å²) in [6, 6.07) is 9.76. The number of hydrogen-bond donors (Lipinski definition) is 1. The van der Waals surface area contributed by atoms with E-state index in [1.54, 1.807) is 0 Å². The molecule has 1 saturated heterocycles. The Hall–Kier alpha value is -1.72. The van der Waals surface area contributed by atoms with Crippen molar-refractivity contribution in [3.63, 3.8) is 0 Å². The Kier molecular flexibility index (Phi) is 4.63. The van der Waals surface area contributed by atoms with Crippen molar-refractivity contribution >= 4 is 17.2 Å². The second-order valence-electron chi connectivity index (χ2n) is 6.84. The van der Waals surface area contributed by atoms with Gasteiger partial charge in [-0.25, -0.2) is 4.98 Å². The number of nitrogens with zero attached hydrogens (tertiary/aromatic N) is 2. The van der Waals surface area contributed by atoms with E-state index in [1.807, 2.05) is 41.7 Å². The molecule has 0 atom stereocenters. The molecule has 126 valence electrons. The fourth-order valence-corrected chi connectivity index (χ4v) is 4.22. The summed E-state index contributed by atoms with van der Waals surface area (Å²) in [4.78, 5) is 19.5. The Labute approximate surface area is 146 Å². The molecule has 24 heavy (non-hydrogen) atoms. The highest BCUT2D eigenvalue weighted by atomic mass is 32.1. The van der Waals surface area contributed by atoms with E-state index < -0.39 is 0 Å². The third-order valence-corrected chi connectivity index (χ3v) is 5.90. The zero-order valence-corrected chi connectivity index (χ0v) is 14.6. The number of aromatic nitrogens is 1. The smallest absolute Gasteiger partial charge is 0.251 e. The summed E-state index contributed by atoms with van der Waals surface area (Å²) in [5, 5.41) is 6.72. The van der Waals surface area contributed by atoms with E-state index in [1.165, 1.54) is 23.5 Å². The van der Waals surface area contributed by atoms with Gasteiger partial charge < -0.3 is 5.32 Å². The van der Waals surface area contributed by atoms with Gasteiger partial charge in [-0.05, 0) is 37.8 Å². The first-order valence-electron chi connectivity index (χ1n) is 8.80. The lowest BCUT2D eigenvalue weighted by molar-refractivity contribution is 0.0908. The van der Waals surface area contributed by atoms with Gasteiger partial charge in [0, 0.05) is 42.5 Å². The van der Waals surface area contributed by atoms with Crippen LogP contribution in [-0.2, 0) is 6.54 Å². The Morgan fingerprint density at radius 2 is 1.92 bits per heavy atom. The van der Waals surface area contributed by atoms with Crippen molar-refractivity contribution in [2.45, 2.75) is 44.2 Å². The van der Waals surface area contributed by atoms with Crippen molar-refractivity contribution < 1.29 is 4.79 Å². The summed E-state index contributed by atoms with van der Waals surface area (Å²) < 4.78 is 0. The van der Waals surface area contributed by atoms with Crippen molar-refractivity contribution in [1.29, 1.82) is 0 Å². The van der Waals surface area contributed by atoms with Crippen LogP contribution in [0.4, 0.5) is 0 Å². The van der Waals surface area contributed by atoms with Gasteiger partial charge in [-0.3, -0.25) is 9.69 Å². The molecule has 0 radical (unpaired) electrons. The molecule has 5 heteroatoms. The largest absolute Gasteiger partial charge is 0.349 e. The SMILES string of the molecule is O=C(NC1CCN(Cc2csc(C3CC3)n2)CC1)c1ccccc1. The van der Waals surface area contributed by atoms with Crippen LogP contribution in [0.15, 0.2) is 35.7 Å². The fraction of sp³-hybridized carbons (Fsp3) is 0.474. The molecule has 0 bridgehead atoms. The van der Waals surface area contributed by atoms with Crippen molar-refractivity contribution in [1.82, 2.24) is 15.2 Å². The summed E-state index contributed by atoms with van der Waals surface area (Å²) >= 11 is 1.82. The lowest BCUT2D eigenvalue weighted by Crippen LogP contribution is -2.44. The first-order valence-corrected chi connectivity index (χ1v) is 9.68. The lowest BCUT2D eigenvalue weighted by Gasteiger charge is -2.31. The number of amides is 1. The minimum atomic E-state index is 0.0441. The quantitative estimate of drug-likeness (QED) is 0.906. The van der Waals surface area contributed by atoms with Gasteiger partial charge in [0.25, 0.3) is 5.91 Å². The number of likely N-dealkylation sites (tertiary alicyclic amines) is 1. The molecule has 0 spiro atoms. The van der Waals surface area contributed by atoms with Gasteiger partial charge in [0.1, 0.15) is 0 Å². The summed E-state index contributed by atoms with van der Waals surface area (Å²) in [5.74, 6) is 0.797. The van der Waals surface area contributed by atoms with Crippen molar-refractivity contribution in [2.75, 3.05) is 13.1 Å². The molecule has 1 aromatic heterocycles. The Bertz CT molecular complexity index is 688. The number of hydrogen-bond acceptors (Lipinski definition) is 4. The Balaban J connectivity index is 1.25. The zero-order chi connectivity index (χ0) is 16.4. The van der Waals surface area contributed by atoms with Crippen LogP contribution in [0.25, 0.3) is 0 Å². The fourth-order valence-electron chi connectivity index (χ4n) is 3.24. The van der Waals surface area contributed by atoms with Crippen LogP contribution in [0.1, 0.15) is 52.7 Å². The molecular formula is C19H23N3OS. The molecule has 2 aromatic rings. The molecular weight excluding hydrogens is 318 g/mol. The second kappa shape index (κ2) is 7.03. The van der Waals surface area contributed by atoms with Gasteiger partial charge in [-0.2, -0.15) is 0 Å². The van der Waals surface area contributed by atoms with Gasteiger partial charge in [0.2, 0.25) is 0 Å².